The molecule has 0 aromatic heterocycles. The normalized spacial score (nSPS) is 12.4. The van der Waals surface area contributed by atoms with E-state index in [-0.39, 0.29) is 17.0 Å². The number of hydrogen-bond acceptors (Lipinski definition) is 2. The Hall–Kier alpha value is -1.80. The minimum absolute atomic E-state index is 0. The fourth-order valence-corrected chi connectivity index (χ4v) is 9.26. The molecule has 0 saturated heterocycles. The van der Waals surface area contributed by atoms with Crippen molar-refractivity contribution < 1.29 is 9.32 Å². The van der Waals surface area contributed by atoms with Crippen LogP contribution in [0.15, 0.2) is 91.0 Å². The Balaban J connectivity index is 0.00000243. The summed E-state index contributed by atoms with van der Waals surface area (Å²) in [6.07, 6.45) is 2.10. The van der Waals surface area contributed by atoms with Crippen LogP contribution in [0.3, 0.4) is 0 Å². The van der Waals surface area contributed by atoms with E-state index >= 15 is 0 Å². The van der Waals surface area contributed by atoms with Gasteiger partial charge in [0.1, 0.15) is 0 Å². The third-order valence-electron chi connectivity index (χ3n) is 4.98. The van der Waals surface area contributed by atoms with Gasteiger partial charge in [-0.3, -0.25) is 0 Å². The van der Waals surface area contributed by atoms with Gasteiger partial charge in [0, 0.05) is 0 Å². The van der Waals surface area contributed by atoms with Crippen molar-refractivity contribution in [3.05, 3.63) is 91.0 Å². The van der Waals surface area contributed by atoms with Crippen molar-refractivity contribution in [1.82, 2.24) is 0 Å². The van der Waals surface area contributed by atoms with Crippen LogP contribution in [-0.2, 0) is 9.32 Å². The maximum absolute atomic E-state index is 11.4. The molecule has 0 atom stereocenters. The van der Waals surface area contributed by atoms with E-state index in [1.807, 2.05) is 54.6 Å². The molecule has 0 saturated carbocycles. The molecular weight excluding hydrogens is 407 g/mol. The summed E-state index contributed by atoms with van der Waals surface area (Å²) in [5.74, 6) is 0. The Morgan fingerprint density at radius 3 is 1.35 bits per heavy atom. The summed E-state index contributed by atoms with van der Waals surface area (Å²) in [5, 5.41) is 3.45. The molecule has 0 fully saturated rings. The zero-order valence-corrected chi connectivity index (χ0v) is 17.4. The molecule has 4 heteroatoms. The number of hydrogen-bond donors (Lipinski definition) is 0. The standard InChI is InChI=1S/C22H23O2P.BrH/c1-24-25(19-11-18-23,20-12-5-2-6-13-20,21-14-7-3-8-15-21)22-16-9-4-10-17-22;/h2-10,12-18H,11,19H2,1H3;1H. The Kier molecular flexibility index (Phi) is 6.88. The van der Waals surface area contributed by atoms with Crippen LogP contribution in [0.25, 0.3) is 0 Å². The molecule has 26 heavy (non-hydrogen) atoms. The van der Waals surface area contributed by atoms with Crippen LogP contribution in [0.1, 0.15) is 6.42 Å². The predicted molar refractivity (Wildman–Crippen MR) is 118 cm³/mol. The molecular formula is C22H24BrO2P. The summed E-state index contributed by atoms with van der Waals surface area (Å²) in [4.78, 5) is 11.4. The molecule has 0 radical (unpaired) electrons. The summed E-state index contributed by atoms with van der Waals surface area (Å²) in [5.41, 5.74) is 0. The van der Waals surface area contributed by atoms with Gasteiger partial charge in [0.2, 0.25) is 0 Å². The van der Waals surface area contributed by atoms with E-state index < -0.39 is 6.83 Å². The molecule has 2 nitrogen and oxygen atoms in total. The van der Waals surface area contributed by atoms with E-state index in [0.29, 0.717) is 12.6 Å². The Morgan fingerprint density at radius 2 is 1.08 bits per heavy atom. The fourth-order valence-electron chi connectivity index (χ4n) is 3.77. The monoisotopic (exact) mass is 430 g/mol. The summed E-state index contributed by atoms with van der Waals surface area (Å²) < 4.78 is 6.56. The van der Waals surface area contributed by atoms with Gasteiger partial charge >= 0.3 is 149 Å². The number of benzene rings is 3. The molecule has 0 aliphatic rings. The zero-order valence-electron chi connectivity index (χ0n) is 14.8. The van der Waals surface area contributed by atoms with E-state index in [9.17, 15) is 4.79 Å². The van der Waals surface area contributed by atoms with Crippen LogP contribution in [0.2, 0.25) is 0 Å². The second-order valence-electron chi connectivity index (χ2n) is 6.08. The maximum atomic E-state index is 11.4. The van der Waals surface area contributed by atoms with Crippen LogP contribution in [-0.4, -0.2) is 19.6 Å². The van der Waals surface area contributed by atoms with Gasteiger partial charge in [-0.15, -0.1) is 17.0 Å². The summed E-state index contributed by atoms with van der Waals surface area (Å²) in [6, 6.07) is 31.1. The Labute approximate surface area is 166 Å². The van der Waals surface area contributed by atoms with Gasteiger partial charge in [-0.1, -0.05) is 0 Å². The molecule has 3 aromatic rings. The van der Waals surface area contributed by atoms with Crippen molar-refractivity contribution >= 4 is 46.0 Å². The molecule has 3 aromatic carbocycles. The van der Waals surface area contributed by atoms with Crippen molar-refractivity contribution in [1.29, 1.82) is 0 Å². The first-order valence-corrected chi connectivity index (χ1v) is 10.8. The molecule has 0 unspecified atom stereocenters. The van der Waals surface area contributed by atoms with E-state index in [1.54, 1.807) is 7.11 Å². The minimum atomic E-state index is -3.21. The van der Waals surface area contributed by atoms with E-state index in [2.05, 4.69) is 36.4 Å². The molecule has 0 amide bonds. The molecule has 0 aliphatic heterocycles. The van der Waals surface area contributed by atoms with Crippen molar-refractivity contribution in [3.8, 4) is 0 Å². The van der Waals surface area contributed by atoms with Crippen molar-refractivity contribution in [3.63, 3.8) is 0 Å². The van der Waals surface area contributed by atoms with Gasteiger partial charge in [-0.05, 0) is 0 Å². The van der Waals surface area contributed by atoms with Gasteiger partial charge in [0.15, 0.2) is 0 Å². The van der Waals surface area contributed by atoms with Crippen molar-refractivity contribution in [2.45, 2.75) is 6.42 Å². The Morgan fingerprint density at radius 1 is 0.731 bits per heavy atom. The first-order chi connectivity index (χ1) is 12.3. The third kappa shape index (κ3) is 3.16. The van der Waals surface area contributed by atoms with Crippen molar-refractivity contribution in [2.75, 3.05) is 13.3 Å². The summed E-state index contributed by atoms with van der Waals surface area (Å²) >= 11 is 0. The van der Waals surface area contributed by atoms with Gasteiger partial charge < -0.3 is 0 Å². The molecule has 3 rings (SSSR count). The number of aldehydes is 1. The molecule has 0 N–H and O–H groups in total. The van der Waals surface area contributed by atoms with Gasteiger partial charge in [-0.25, -0.2) is 0 Å². The second kappa shape index (κ2) is 8.73. The molecule has 0 bridgehead atoms. The first-order valence-electron chi connectivity index (χ1n) is 8.45. The summed E-state index contributed by atoms with van der Waals surface area (Å²) in [7, 11) is 1.79. The van der Waals surface area contributed by atoms with Crippen LogP contribution in [0.5, 0.6) is 0 Å². The molecule has 0 heterocycles. The topological polar surface area (TPSA) is 26.3 Å². The SMILES string of the molecule is Br.COP(CCC=O)(c1ccccc1)(c1ccccc1)c1ccccc1. The average molecular weight is 431 g/mol. The zero-order chi connectivity index (χ0) is 17.6. The second-order valence-corrected chi connectivity index (χ2v) is 10.9. The first kappa shape index (κ1) is 20.5. The molecule has 0 aliphatic carbocycles. The quantitative estimate of drug-likeness (QED) is 0.413. The summed E-state index contributed by atoms with van der Waals surface area (Å²) in [6.45, 7) is -3.21. The van der Waals surface area contributed by atoms with Crippen molar-refractivity contribution in [2.24, 2.45) is 0 Å². The van der Waals surface area contributed by atoms with Gasteiger partial charge in [0.25, 0.3) is 0 Å². The van der Waals surface area contributed by atoms with Crippen LogP contribution < -0.4 is 15.9 Å². The van der Waals surface area contributed by atoms with E-state index in [4.69, 9.17) is 4.52 Å². The fraction of sp³-hybridized carbons (Fsp3) is 0.136. The van der Waals surface area contributed by atoms with Crippen LogP contribution >= 0.6 is 23.8 Å². The number of carbonyl (C=O) groups excluding carboxylic acids is 1. The third-order valence-corrected chi connectivity index (χ3v) is 11.1. The van der Waals surface area contributed by atoms with Gasteiger partial charge in [-0.2, -0.15) is 0 Å². The van der Waals surface area contributed by atoms with Crippen LogP contribution in [0, 0.1) is 0 Å². The van der Waals surface area contributed by atoms with E-state index in [1.165, 1.54) is 0 Å². The predicted octanol–water partition coefficient (Wildman–Crippen LogP) is 4.24. The molecule has 0 spiro atoms. The van der Waals surface area contributed by atoms with Crippen LogP contribution in [0.4, 0.5) is 0 Å². The Bertz CT molecular complexity index is 723. The van der Waals surface area contributed by atoms with Gasteiger partial charge in [0.05, 0.1) is 0 Å². The number of rotatable bonds is 7. The average Bonchev–Trinajstić information content (AvgIpc) is 2.72. The molecule has 136 valence electrons. The number of halogens is 1. The van der Waals surface area contributed by atoms with E-state index in [0.717, 1.165) is 22.2 Å². The number of carbonyl (C=O) groups is 1.